The molecule has 0 fully saturated rings. The van der Waals surface area contributed by atoms with Crippen molar-refractivity contribution in [3.8, 4) is 0 Å². The Morgan fingerprint density at radius 3 is 2.72 bits per heavy atom. The third kappa shape index (κ3) is 3.39. The highest BCUT2D eigenvalue weighted by Crippen LogP contribution is 2.33. The van der Waals surface area contributed by atoms with E-state index in [1.54, 1.807) is 11.0 Å². The Morgan fingerprint density at radius 2 is 1.94 bits per heavy atom. The van der Waals surface area contributed by atoms with Crippen molar-refractivity contribution in [1.29, 1.82) is 0 Å². The normalized spacial score (nSPS) is 16.3. The van der Waals surface area contributed by atoms with Gasteiger partial charge in [0.15, 0.2) is 0 Å². The summed E-state index contributed by atoms with van der Waals surface area (Å²) in [5.74, 6) is -0.228. The molecule has 3 heterocycles. The highest BCUT2D eigenvalue weighted by molar-refractivity contribution is 7.90. The number of benzene rings is 2. The van der Waals surface area contributed by atoms with E-state index in [1.807, 2.05) is 24.3 Å². The molecule has 3 aromatic rings. The van der Waals surface area contributed by atoms with Crippen molar-refractivity contribution in [3.63, 3.8) is 0 Å². The maximum absolute atomic E-state index is 13.0. The van der Waals surface area contributed by atoms with Gasteiger partial charge in [0, 0.05) is 23.5 Å². The Bertz CT molecular complexity index is 1360. The number of fused-ring (bicyclic) bond motifs is 2. The largest absolute Gasteiger partial charge is 0.336 e. The van der Waals surface area contributed by atoms with Gasteiger partial charge in [-0.1, -0.05) is 35.9 Å². The summed E-state index contributed by atoms with van der Waals surface area (Å²) in [4.78, 5) is 31.2. The van der Waals surface area contributed by atoms with Crippen molar-refractivity contribution >= 4 is 44.9 Å². The Hall–Kier alpha value is -3.43. The van der Waals surface area contributed by atoms with E-state index in [-0.39, 0.29) is 33.8 Å². The van der Waals surface area contributed by atoms with Gasteiger partial charge in [-0.3, -0.25) is 9.78 Å². The van der Waals surface area contributed by atoms with E-state index in [4.69, 9.17) is 11.6 Å². The van der Waals surface area contributed by atoms with Crippen molar-refractivity contribution in [2.24, 2.45) is 0 Å². The fraction of sp³-hybridized carbons (Fsp3) is 0.136. The SMILES string of the molecule is O=C(c1ccc(CN2C(=O)Nc3ccc(Cl)cc3S2(=O)=O)cn1)N1CCc2ccccc21. The standard InChI is InChI=1S/C22H17ClN4O4S/c23-16-6-8-17-20(11-16)32(30,31)27(22(29)25-17)13-14-5-7-18(24-12-14)21(28)26-10-9-15-3-1-2-4-19(15)26/h1-8,11-12H,9-10,13H2,(H,25,29). The number of para-hydroxylation sites is 1. The molecule has 0 saturated heterocycles. The minimum Gasteiger partial charge on any atom is -0.306 e. The molecule has 2 aromatic carbocycles. The lowest BCUT2D eigenvalue weighted by Gasteiger charge is -2.28. The molecule has 0 bridgehead atoms. The van der Waals surface area contributed by atoms with Crippen molar-refractivity contribution < 1.29 is 18.0 Å². The second-order valence-corrected chi connectivity index (χ2v) is 9.74. The van der Waals surface area contributed by atoms with Gasteiger partial charge in [-0.2, -0.15) is 0 Å². The number of carbonyl (C=O) groups excluding carboxylic acids is 2. The molecule has 2 aliphatic heterocycles. The van der Waals surface area contributed by atoms with Crippen LogP contribution in [0.3, 0.4) is 0 Å². The van der Waals surface area contributed by atoms with Crippen LogP contribution in [0.4, 0.5) is 16.2 Å². The Labute approximate surface area is 189 Å². The maximum atomic E-state index is 13.0. The van der Waals surface area contributed by atoms with Crippen LogP contribution < -0.4 is 10.2 Å². The van der Waals surface area contributed by atoms with Crippen LogP contribution in [-0.2, 0) is 23.0 Å². The van der Waals surface area contributed by atoms with E-state index in [2.05, 4.69) is 10.3 Å². The molecule has 162 valence electrons. The van der Waals surface area contributed by atoms with E-state index >= 15 is 0 Å². The molecule has 32 heavy (non-hydrogen) atoms. The number of pyridine rings is 1. The van der Waals surface area contributed by atoms with Gasteiger partial charge in [-0.25, -0.2) is 17.5 Å². The average Bonchev–Trinajstić information content (AvgIpc) is 3.21. The van der Waals surface area contributed by atoms with Crippen molar-refractivity contribution in [2.45, 2.75) is 17.9 Å². The molecule has 1 N–H and O–H groups in total. The van der Waals surface area contributed by atoms with Crippen molar-refractivity contribution in [1.82, 2.24) is 9.29 Å². The molecule has 10 heteroatoms. The zero-order chi connectivity index (χ0) is 22.5. The molecule has 5 rings (SSSR count). The number of nitrogens with one attached hydrogen (secondary N) is 1. The average molecular weight is 469 g/mol. The molecule has 0 saturated carbocycles. The number of aromatic nitrogens is 1. The number of carbonyl (C=O) groups is 2. The van der Waals surface area contributed by atoms with Crippen LogP contribution in [0, 0.1) is 0 Å². The van der Waals surface area contributed by atoms with Crippen LogP contribution in [-0.4, -0.2) is 36.2 Å². The molecule has 0 aliphatic carbocycles. The number of rotatable bonds is 3. The van der Waals surface area contributed by atoms with Gasteiger partial charge in [-0.15, -0.1) is 0 Å². The number of nitrogens with zero attached hydrogens (tertiary/aromatic N) is 3. The van der Waals surface area contributed by atoms with Gasteiger partial charge in [0.25, 0.3) is 15.9 Å². The van der Waals surface area contributed by atoms with Gasteiger partial charge < -0.3 is 10.2 Å². The molecule has 8 nitrogen and oxygen atoms in total. The number of halogens is 1. The van der Waals surface area contributed by atoms with Gasteiger partial charge >= 0.3 is 6.03 Å². The van der Waals surface area contributed by atoms with Crippen LogP contribution in [0.5, 0.6) is 0 Å². The highest BCUT2D eigenvalue weighted by atomic mass is 35.5. The zero-order valence-corrected chi connectivity index (χ0v) is 18.2. The number of hydrogen-bond donors (Lipinski definition) is 1. The van der Waals surface area contributed by atoms with Gasteiger partial charge in [0.1, 0.15) is 10.6 Å². The fourth-order valence-electron chi connectivity index (χ4n) is 3.87. The Kier molecular flexibility index (Phi) is 4.87. The van der Waals surface area contributed by atoms with E-state index in [0.717, 1.165) is 22.0 Å². The molecular formula is C22H17ClN4O4S. The van der Waals surface area contributed by atoms with Crippen LogP contribution in [0.2, 0.25) is 5.02 Å². The van der Waals surface area contributed by atoms with Gasteiger partial charge in [0.2, 0.25) is 0 Å². The molecule has 0 spiro atoms. The number of urea groups is 1. The zero-order valence-electron chi connectivity index (χ0n) is 16.7. The third-order valence-electron chi connectivity index (χ3n) is 5.48. The molecular weight excluding hydrogens is 452 g/mol. The number of hydrogen-bond acceptors (Lipinski definition) is 5. The lowest BCUT2D eigenvalue weighted by molar-refractivity contribution is 0.0984. The van der Waals surface area contributed by atoms with Crippen molar-refractivity contribution in [3.05, 3.63) is 82.6 Å². The first-order chi connectivity index (χ1) is 15.3. The van der Waals surface area contributed by atoms with Crippen LogP contribution in [0.25, 0.3) is 0 Å². The second-order valence-electron chi connectivity index (χ2n) is 7.47. The number of amides is 3. The predicted molar refractivity (Wildman–Crippen MR) is 119 cm³/mol. The summed E-state index contributed by atoms with van der Waals surface area (Å²) in [6, 6.07) is 14.3. The van der Waals surface area contributed by atoms with Gasteiger partial charge in [-0.05, 0) is 47.9 Å². The number of sulfonamides is 1. The Balaban J connectivity index is 1.37. The summed E-state index contributed by atoms with van der Waals surface area (Å²) in [6.45, 7) is 0.351. The quantitative estimate of drug-likeness (QED) is 0.632. The highest BCUT2D eigenvalue weighted by Gasteiger charge is 2.37. The molecule has 0 radical (unpaired) electrons. The minimum absolute atomic E-state index is 0.0722. The summed E-state index contributed by atoms with van der Waals surface area (Å²) in [6.07, 6.45) is 2.19. The second kappa shape index (κ2) is 7.61. The van der Waals surface area contributed by atoms with E-state index < -0.39 is 16.1 Å². The van der Waals surface area contributed by atoms with Crippen LogP contribution in [0.15, 0.2) is 65.7 Å². The molecule has 0 atom stereocenters. The summed E-state index contributed by atoms with van der Waals surface area (Å²) in [5, 5.41) is 2.80. The minimum atomic E-state index is -4.09. The molecule has 0 unspecified atom stereocenters. The van der Waals surface area contributed by atoms with Crippen molar-refractivity contribution in [2.75, 3.05) is 16.8 Å². The number of anilines is 2. The first-order valence-corrected chi connectivity index (χ1v) is 11.6. The molecule has 3 amide bonds. The summed E-state index contributed by atoms with van der Waals surface area (Å²) in [5.41, 5.74) is 2.87. The van der Waals surface area contributed by atoms with E-state index in [0.29, 0.717) is 12.1 Å². The topological polar surface area (TPSA) is 99.7 Å². The summed E-state index contributed by atoms with van der Waals surface area (Å²) in [7, 11) is -4.09. The molecule has 1 aromatic heterocycles. The van der Waals surface area contributed by atoms with E-state index in [1.165, 1.54) is 30.5 Å². The monoisotopic (exact) mass is 468 g/mol. The van der Waals surface area contributed by atoms with Gasteiger partial charge in [0.05, 0.1) is 12.2 Å². The maximum Gasteiger partial charge on any atom is 0.336 e. The lowest BCUT2D eigenvalue weighted by Crippen LogP contribution is -2.43. The Morgan fingerprint density at radius 1 is 1.12 bits per heavy atom. The summed E-state index contributed by atoms with van der Waals surface area (Å²) >= 11 is 5.94. The predicted octanol–water partition coefficient (Wildman–Crippen LogP) is 3.67. The first kappa shape index (κ1) is 20.5. The fourth-order valence-corrected chi connectivity index (χ4v) is 5.60. The first-order valence-electron chi connectivity index (χ1n) is 9.82. The lowest BCUT2D eigenvalue weighted by atomic mass is 10.2. The third-order valence-corrected chi connectivity index (χ3v) is 7.49. The van der Waals surface area contributed by atoms with E-state index in [9.17, 15) is 18.0 Å². The summed E-state index contributed by atoms with van der Waals surface area (Å²) < 4.78 is 26.6. The van der Waals surface area contributed by atoms with Crippen LogP contribution in [0.1, 0.15) is 21.6 Å². The van der Waals surface area contributed by atoms with Crippen LogP contribution >= 0.6 is 11.6 Å². The molecule has 2 aliphatic rings. The smallest absolute Gasteiger partial charge is 0.306 e.